The Hall–Kier alpha value is -3.23. The highest BCUT2D eigenvalue weighted by Gasteiger charge is 2.87. The van der Waals surface area contributed by atoms with Crippen LogP contribution in [0.2, 0.25) is 0 Å². The summed E-state index contributed by atoms with van der Waals surface area (Å²) in [6, 6.07) is 16.6. The van der Waals surface area contributed by atoms with Crippen LogP contribution in [0.4, 0.5) is 0 Å². The van der Waals surface area contributed by atoms with E-state index >= 15 is 0 Å². The van der Waals surface area contributed by atoms with Crippen molar-refractivity contribution in [2.75, 3.05) is 20.3 Å². The van der Waals surface area contributed by atoms with E-state index in [9.17, 15) is 29.7 Å². The van der Waals surface area contributed by atoms with Crippen molar-refractivity contribution < 1.29 is 58.1 Å². The predicted molar refractivity (Wildman–Crippen MR) is 144 cm³/mol. The number of Topliss-reactive ketones (excluding diaryl/α,β-unsaturated/α-hetero) is 1. The second kappa shape index (κ2) is 11.0. The Balaban J connectivity index is 1.26. The van der Waals surface area contributed by atoms with Crippen molar-refractivity contribution in [1.82, 2.24) is 0 Å². The van der Waals surface area contributed by atoms with Gasteiger partial charge >= 0.3 is 11.9 Å². The summed E-state index contributed by atoms with van der Waals surface area (Å²) in [6.45, 7) is 0.949. The lowest BCUT2D eigenvalue weighted by molar-refractivity contribution is -0.381. The summed E-state index contributed by atoms with van der Waals surface area (Å²) in [5.74, 6) is -2.02. The van der Waals surface area contributed by atoms with E-state index in [1.54, 1.807) is 67.6 Å². The molecule has 4 bridgehead atoms. The van der Waals surface area contributed by atoms with E-state index in [-0.39, 0.29) is 30.8 Å². The van der Waals surface area contributed by atoms with Gasteiger partial charge in [0, 0.05) is 19.4 Å². The zero-order valence-corrected chi connectivity index (χ0v) is 23.7. The van der Waals surface area contributed by atoms with Gasteiger partial charge in [0.15, 0.2) is 12.6 Å². The molecule has 2 aromatic carbocycles. The molecule has 7 rings (SSSR count). The summed E-state index contributed by atoms with van der Waals surface area (Å²) in [5.41, 5.74) is -3.31. The molecule has 0 unspecified atom stereocenters. The number of aliphatic hydroxyl groups is 3. The first-order valence-electron chi connectivity index (χ1n) is 14.1. The van der Waals surface area contributed by atoms with E-state index in [4.69, 9.17) is 28.4 Å². The van der Waals surface area contributed by atoms with Gasteiger partial charge in [0.1, 0.15) is 54.6 Å². The average Bonchev–Trinajstić information content (AvgIpc) is 3.10. The predicted octanol–water partition coefficient (Wildman–Crippen LogP) is 1.00. The van der Waals surface area contributed by atoms with Crippen molar-refractivity contribution in [3.8, 4) is 0 Å². The summed E-state index contributed by atoms with van der Waals surface area (Å²) in [6.07, 6.45) is -8.70. The van der Waals surface area contributed by atoms with Gasteiger partial charge in [-0.05, 0) is 37.6 Å². The lowest BCUT2D eigenvalue weighted by Crippen LogP contribution is -2.80. The van der Waals surface area contributed by atoms with Crippen molar-refractivity contribution in [2.24, 2.45) is 11.3 Å². The smallest absolute Gasteiger partial charge is 0.338 e. The number of ether oxygens (including phenoxy) is 6. The van der Waals surface area contributed by atoms with Crippen LogP contribution in [0.5, 0.6) is 0 Å². The highest BCUT2D eigenvalue weighted by atomic mass is 16.8. The highest BCUT2D eigenvalue weighted by molar-refractivity contribution is 5.90. The minimum absolute atomic E-state index is 0.0297. The maximum atomic E-state index is 13.3. The first kappa shape index (κ1) is 29.8. The molecule has 10 atom stereocenters. The van der Waals surface area contributed by atoms with Crippen LogP contribution in [0.3, 0.4) is 0 Å². The number of aliphatic hydroxyl groups excluding tert-OH is 3. The van der Waals surface area contributed by atoms with Crippen LogP contribution in [-0.4, -0.2) is 102 Å². The molecule has 5 fully saturated rings. The lowest BCUT2D eigenvalue weighted by Gasteiger charge is -2.66. The van der Waals surface area contributed by atoms with Gasteiger partial charge in [0.2, 0.25) is 0 Å². The van der Waals surface area contributed by atoms with E-state index in [0.29, 0.717) is 5.56 Å². The van der Waals surface area contributed by atoms with Crippen molar-refractivity contribution in [2.45, 2.75) is 68.0 Å². The molecule has 43 heavy (non-hydrogen) atoms. The maximum absolute atomic E-state index is 13.3. The van der Waals surface area contributed by atoms with Gasteiger partial charge in [-0.2, -0.15) is 0 Å². The zero-order chi connectivity index (χ0) is 30.6. The van der Waals surface area contributed by atoms with Crippen LogP contribution in [0, 0.1) is 11.3 Å². The third-order valence-electron chi connectivity index (χ3n) is 9.45. The quantitative estimate of drug-likeness (QED) is 0.351. The van der Waals surface area contributed by atoms with Gasteiger partial charge in [-0.1, -0.05) is 36.4 Å². The van der Waals surface area contributed by atoms with Crippen molar-refractivity contribution in [3.63, 3.8) is 0 Å². The summed E-state index contributed by atoms with van der Waals surface area (Å²) >= 11 is 0. The first-order valence-corrected chi connectivity index (χ1v) is 14.1. The van der Waals surface area contributed by atoms with E-state index in [1.807, 2.05) is 0 Å². The van der Waals surface area contributed by atoms with Gasteiger partial charge < -0.3 is 43.7 Å². The number of benzene rings is 2. The molecule has 5 aliphatic rings. The molecule has 2 aliphatic heterocycles. The number of methoxy groups -OCH3 is 1. The topological polar surface area (TPSA) is 167 Å². The Labute approximate surface area is 247 Å². The Morgan fingerprint density at radius 3 is 2.12 bits per heavy atom. The fraction of sp³-hybridized carbons (Fsp3) is 0.516. The molecular formula is C31H34O12. The van der Waals surface area contributed by atoms with E-state index < -0.39 is 78.1 Å². The van der Waals surface area contributed by atoms with E-state index in [2.05, 4.69) is 0 Å². The standard InChI is InChI=1S/C31H34O12/c1-29-14-20(32)19-13-31(29,30(19,28(38-2)43-29)16-40-26(37)18-11-7-4-8-12-18)42-27-24(35)23(34)22(33)21(41-27)15-39-25(36)17-9-5-3-6-10-17/h3-12,19,21-24,27-28,33-35H,13-16H2,1-2H3/t19-,21-,22-,23+,24-,27+,28+,29+,30+,31-/m1/s1. The summed E-state index contributed by atoms with van der Waals surface area (Å²) in [4.78, 5) is 38.7. The van der Waals surface area contributed by atoms with Gasteiger partial charge in [-0.25, -0.2) is 9.59 Å². The summed E-state index contributed by atoms with van der Waals surface area (Å²) < 4.78 is 35.5. The van der Waals surface area contributed by atoms with Gasteiger partial charge in [-0.3, -0.25) is 4.79 Å². The van der Waals surface area contributed by atoms with Crippen molar-refractivity contribution in [3.05, 3.63) is 71.8 Å². The van der Waals surface area contributed by atoms with Crippen LogP contribution in [0.25, 0.3) is 0 Å². The molecule has 0 radical (unpaired) electrons. The Bertz CT molecular complexity index is 1370. The third kappa shape index (κ3) is 4.51. The minimum atomic E-state index is -1.71. The van der Waals surface area contributed by atoms with Crippen molar-refractivity contribution in [1.29, 1.82) is 0 Å². The Kier molecular flexibility index (Phi) is 7.66. The van der Waals surface area contributed by atoms with Crippen LogP contribution in [0.1, 0.15) is 40.5 Å². The molecule has 230 valence electrons. The molecule has 2 heterocycles. The Morgan fingerprint density at radius 2 is 1.51 bits per heavy atom. The SMILES string of the molecule is CO[C@H]1O[C@@]2(C)CC(=O)[C@H]3C[C@]2(O[C@@H]2O[C@H](COC(=O)c4ccccc4)[C@@H](O)[C@H](O)[C@H]2O)[C@]13COC(=O)c1ccccc1. The molecule has 2 aromatic rings. The molecule has 0 amide bonds. The summed E-state index contributed by atoms with van der Waals surface area (Å²) in [7, 11) is 1.41. The molecule has 0 spiro atoms. The van der Waals surface area contributed by atoms with Gasteiger partial charge in [0.25, 0.3) is 0 Å². The second-order valence-electron chi connectivity index (χ2n) is 11.7. The molecule has 2 saturated heterocycles. The molecular weight excluding hydrogens is 564 g/mol. The van der Waals surface area contributed by atoms with Crippen LogP contribution < -0.4 is 0 Å². The van der Waals surface area contributed by atoms with Crippen LogP contribution in [-0.2, 0) is 33.2 Å². The number of carbonyl (C=O) groups excluding carboxylic acids is 3. The molecule has 0 aromatic heterocycles. The highest BCUT2D eigenvalue weighted by Crippen LogP contribution is 2.74. The number of hydrogen-bond acceptors (Lipinski definition) is 12. The zero-order valence-electron chi connectivity index (χ0n) is 23.7. The minimum Gasteiger partial charge on any atom is -0.461 e. The fourth-order valence-electron chi connectivity index (χ4n) is 7.18. The number of fused-ring (bicyclic) bond motifs is 1. The third-order valence-corrected chi connectivity index (χ3v) is 9.45. The Morgan fingerprint density at radius 1 is 0.907 bits per heavy atom. The van der Waals surface area contributed by atoms with E-state index in [0.717, 1.165) is 0 Å². The summed E-state index contributed by atoms with van der Waals surface area (Å²) in [5, 5.41) is 32.3. The number of esters is 2. The van der Waals surface area contributed by atoms with Gasteiger partial charge in [-0.15, -0.1) is 0 Å². The molecule has 12 nitrogen and oxygen atoms in total. The number of ketones is 1. The molecule has 3 aliphatic carbocycles. The monoisotopic (exact) mass is 598 g/mol. The van der Waals surface area contributed by atoms with E-state index in [1.165, 1.54) is 7.11 Å². The van der Waals surface area contributed by atoms with Crippen LogP contribution in [0.15, 0.2) is 60.7 Å². The molecule has 12 heteroatoms. The molecule has 3 N–H and O–H groups in total. The van der Waals surface area contributed by atoms with Crippen LogP contribution >= 0.6 is 0 Å². The fourth-order valence-corrected chi connectivity index (χ4v) is 7.18. The largest absolute Gasteiger partial charge is 0.461 e. The van der Waals surface area contributed by atoms with Gasteiger partial charge in [0.05, 0.1) is 16.5 Å². The number of carbonyl (C=O) groups is 3. The second-order valence-corrected chi connectivity index (χ2v) is 11.7. The average molecular weight is 599 g/mol. The number of hydrogen-bond donors (Lipinski definition) is 3. The first-order chi connectivity index (χ1) is 20.6. The maximum Gasteiger partial charge on any atom is 0.338 e. The normalized spacial score (nSPS) is 39.6. The molecule has 3 saturated carbocycles. The number of rotatable bonds is 9. The van der Waals surface area contributed by atoms with Crippen molar-refractivity contribution >= 4 is 17.7 Å². The lowest BCUT2D eigenvalue weighted by atomic mass is 9.41.